The summed E-state index contributed by atoms with van der Waals surface area (Å²) in [5, 5.41) is 1.34. The molecule has 1 N–H and O–H groups in total. The van der Waals surface area contributed by atoms with E-state index < -0.39 is 31.9 Å². The van der Waals surface area contributed by atoms with Gasteiger partial charge in [0, 0.05) is 25.8 Å². The highest BCUT2D eigenvalue weighted by Gasteiger charge is 2.64. The minimum Gasteiger partial charge on any atom is -0.381 e. The number of phosphoric ester groups is 1. The highest BCUT2D eigenvalue weighted by molar-refractivity contribution is 7.47. The first-order valence-electron chi connectivity index (χ1n) is 8.36. The summed E-state index contributed by atoms with van der Waals surface area (Å²) in [5.41, 5.74) is -1.37. The molecule has 1 aromatic heterocycles. The predicted octanol–water partition coefficient (Wildman–Crippen LogP) is 1.45. The average molecular weight is 397 g/mol. The number of methoxy groups -OCH3 is 1. The van der Waals surface area contributed by atoms with Crippen LogP contribution in [0.5, 0.6) is 0 Å². The Hall–Kier alpha value is -1.58. The fourth-order valence-electron chi connectivity index (χ4n) is 3.71. The number of benzene rings is 1. The predicted molar refractivity (Wildman–Crippen MR) is 94.4 cm³/mol. The molecule has 0 aliphatic carbocycles. The Balaban J connectivity index is 1.75. The van der Waals surface area contributed by atoms with Gasteiger partial charge < -0.3 is 19.1 Å². The largest absolute Gasteiger partial charge is 0.472 e. The van der Waals surface area contributed by atoms with Crippen LogP contribution in [0.1, 0.15) is 6.23 Å². The SMILES string of the molecule is COC[C@@]12CO[C@@H]([C@H](n3ccc4ccccc4c3=O)O1)[C@H]2OP(=O)(O)OC. The van der Waals surface area contributed by atoms with Gasteiger partial charge in [0.05, 0.1) is 13.2 Å². The third kappa shape index (κ3) is 3.05. The van der Waals surface area contributed by atoms with E-state index in [9.17, 15) is 14.3 Å². The lowest BCUT2D eigenvalue weighted by Gasteiger charge is -2.31. The molecular formula is C17H20NO8P. The first kappa shape index (κ1) is 18.8. The number of phosphoric acid groups is 1. The molecule has 2 bridgehead atoms. The molecule has 4 rings (SSSR count). The minimum absolute atomic E-state index is 0.0662. The van der Waals surface area contributed by atoms with Crippen LogP contribution in [-0.4, -0.2) is 54.7 Å². The third-order valence-electron chi connectivity index (χ3n) is 4.95. The van der Waals surface area contributed by atoms with Gasteiger partial charge in [0.1, 0.15) is 17.8 Å². The topological polar surface area (TPSA) is 105 Å². The maximum Gasteiger partial charge on any atom is 0.472 e. The molecule has 27 heavy (non-hydrogen) atoms. The molecule has 2 aliphatic heterocycles. The molecule has 0 radical (unpaired) electrons. The van der Waals surface area contributed by atoms with Gasteiger partial charge in [-0.1, -0.05) is 18.2 Å². The Bertz CT molecular complexity index is 961. The Kier molecular flexibility index (Phi) is 4.72. The van der Waals surface area contributed by atoms with Crippen LogP contribution in [0.4, 0.5) is 0 Å². The molecule has 0 amide bonds. The Labute approximate surface area is 155 Å². The van der Waals surface area contributed by atoms with Gasteiger partial charge in [-0.05, 0) is 17.5 Å². The molecule has 2 aromatic rings. The lowest BCUT2D eigenvalue weighted by atomic mass is 10.0. The van der Waals surface area contributed by atoms with Gasteiger partial charge in [0.15, 0.2) is 6.23 Å². The van der Waals surface area contributed by atoms with Gasteiger partial charge in [-0.2, -0.15) is 0 Å². The van der Waals surface area contributed by atoms with E-state index in [-0.39, 0.29) is 18.8 Å². The van der Waals surface area contributed by atoms with Crippen molar-refractivity contribution in [3.8, 4) is 0 Å². The lowest BCUT2D eigenvalue weighted by molar-refractivity contribution is -0.190. The fraction of sp³-hybridized carbons (Fsp3) is 0.471. The maximum absolute atomic E-state index is 12.9. The van der Waals surface area contributed by atoms with Gasteiger partial charge in [0.2, 0.25) is 0 Å². The van der Waals surface area contributed by atoms with Gasteiger partial charge in [-0.25, -0.2) is 4.57 Å². The van der Waals surface area contributed by atoms with Gasteiger partial charge in [-0.3, -0.25) is 18.4 Å². The summed E-state index contributed by atoms with van der Waals surface area (Å²) in [6.07, 6.45) is -0.912. The molecule has 1 aromatic carbocycles. The van der Waals surface area contributed by atoms with Crippen LogP contribution in [0, 0.1) is 0 Å². The maximum atomic E-state index is 12.9. The smallest absolute Gasteiger partial charge is 0.381 e. The Morgan fingerprint density at radius 2 is 2.11 bits per heavy atom. The average Bonchev–Trinajstić information content (AvgIpc) is 3.13. The zero-order valence-corrected chi connectivity index (χ0v) is 15.7. The molecule has 0 saturated carbocycles. The summed E-state index contributed by atoms with van der Waals surface area (Å²) in [7, 11) is -1.74. The van der Waals surface area contributed by atoms with Crippen molar-refractivity contribution in [3.05, 3.63) is 46.9 Å². The van der Waals surface area contributed by atoms with E-state index in [0.717, 1.165) is 12.5 Å². The van der Waals surface area contributed by atoms with Crippen molar-refractivity contribution >= 4 is 18.6 Å². The molecule has 5 atom stereocenters. The van der Waals surface area contributed by atoms with Crippen molar-refractivity contribution < 1.29 is 32.7 Å². The van der Waals surface area contributed by atoms with Crippen LogP contribution < -0.4 is 5.56 Å². The molecule has 2 aliphatic rings. The molecule has 1 unspecified atom stereocenters. The summed E-state index contributed by atoms with van der Waals surface area (Å²) in [6.45, 7) is 0.176. The van der Waals surface area contributed by atoms with Crippen LogP contribution in [0.15, 0.2) is 41.3 Å². The van der Waals surface area contributed by atoms with Crippen molar-refractivity contribution in [2.24, 2.45) is 0 Å². The van der Waals surface area contributed by atoms with E-state index in [1.165, 1.54) is 11.7 Å². The molecule has 2 saturated heterocycles. The number of aromatic nitrogens is 1. The van der Waals surface area contributed by atoms with Crippen molar-refractivity contribution in [1.29, 1.82) is 0 Å². The standard InChI is InChI=1S/C17H20NO8P/c1-22-9-17-10-24-13(14(17)26-27(20,21)23-2)16(25-17)18-8-7-11-5-3-4-6-12(11)15(18)19/h3-8,13-14,16H,9-10H2,1-2H3,(H,20,21)/t13-,14-,16-,17+/m1/s1. The lowest BCUT2D eigenvalue weighted by Crippen LogP contribution is -2.45. The highest BCUT2D eigenvalue weighted by Crippen LogP contribution is 2.54. The highest BCUT2D eigenvalue weighted by atomic mass is 31.2. The number of ether oxygens (including phenoxy) is 3. The first-order valence-corrected chi connectivity index (χ1v) is 9.85. The zero-order chi connectivity index (χ0) is 19.2. The summed E-state index contributed by atoms with van der Waals surface area (Å²) < 4.78 is 40.3. The van der Waals surface area contributed by atoms with E-state index in [1.807, 2.05) is 12.1 Å². The molecule has 3 heterocycles. The monoisotopic (exact) mass is 397 g/mol. The van der Waals surface area contributed by atoms with Gasteiger partial charge in [0.25, 0.3) is 5.56 Å². The minimum atomic E-state index is -4.30. The zero-order valence-electron chi connectivity index (χ0n) is 14.8. The number of nitrogens with zero attached hydrogens (tertiary/aromatic N) is 1. The molecule has 146 valence electrons. The number of hydrogen-bond donors (Lipinski definition) is 1. The Morgan fingerprint density at radius 1 is 1.33 bits per heavy atom. The summed E-state index contributed by atoms with van der Waals surface area (Å²) >= 11 is 0. The summed E-state index contributed by atoms with van der Waals surface area (Å²) in [4.78, 5) is 22.7. The molecule has 0 spiro atoms. The number of pyridine rings is 1. The third-order valence-corrected chi connectivity index (χ3v) is 5.91. The Morgan fingerprint density at radius 3 is 2.85 bits per heavy atom. The van der Waals surface area contributed by atoms with Crippen LogP contribution in [0.3, 0.4) is 0 Å². The van der Waals surface area contributed by atoms with Crippen molar-refractivity contribution in [2.75, 3.05) is 27.4 Å². The molecule has 10 heteroatoms. The summed E-state index contributed by atoms with van der Waals surface area (Å²) in [5.74, 6) is 0. The summed E-state index contributed by atoms with van der Waals surface area (Å²) in [6, 6.07) is 9.01. The van der Waals surface area contributed by atoms with Crippen LogP contribution in [-0.2, 0) is 27.8 Å². The molecule has 9 nitrogen and oxygen atoms in total. The van der Waals surface area contributed by atoms with Gasteiger partial charge in [-0.15, -0.1) is 0 Å². The quantitative estimate of drug-likeness (QED) is 0.731. The second-order valence-electron chi connectivity index (χ2n) is 6.57. The number of rotatable bonds is 6. The van der Waals surface area contributed by atoms with Crippen LogP contribution in [0.2, 0.25) is 0 Å². The fourth-order valence-corrected chi connectivity index (χ4v) is 4.40. The van der Waals surface area contributed by atoms with Crippen molar-refractivity contribution in [1.82, 2.24) is 4.57 Å². The first-order chi connectivity index (χ1) is 12.9. The van der Waals surface area contributed by atoms with E-state index in [4.69, 9.17) is 18.7 Å². The van der Waals surface area contributed by atoms with Crippen molar-refractivity contribution in [3.63, 3.8) is 0 Å². The molecular weight excluding hydrogens is 377 g/mol. The van der Waals surface area contributed by atoms with Gasteiger partial charge >= 0.3 is 7.82 Å². The number of hydrogen-bond acceptors (Lipinski definition) is 7. The van der Waals surface area contributed by atoms with E-state index >= 15 is 0 Å². The second kappa shape index (κ2) is 6.79. The normalized spacial score (nSPS) is 32.0. The van der Waals surface area contributed by atoms with Crippen molar-refractivity contribution in [2.45, 2.75) is 24.0 Å². The molecule has 2 fully saturated rings. The van der Waals surface area contributed by atoms with E-state index in [2.05, 4.69) is 4.52 Å². The van der Waals surface area contributed by atoms with Crippen LogP contribution in [0.25, 0.3) is 10.8 Å². The van der Waals surface area contributed by atoms with E-state index in [1.54, 1.807) is 24.4 Å². The number of fused-ring (bicyclic) bond motifs is 3. The van der Waals surface area contributed by atoms with Crippen LogP contribution >= 0.6 is 7.82 Å². The second-order valence-corrected chi connectivity index (χ2v) is 8.09. The van der Waals surface area contributed by atoms with E-state index in [0.29, 0.717) is 5.39 Å².